The predicted octanol–water partition coefficient (Wildman–Crippen LogP) is 0.544. The zero-order valence-electron chi connectivity index (χ0n) is 21.7. The van der Waals surface area contributed by atoms with Crippen LogP contribution in [0.25, 0.3) is 0 Å². The van der Waals surface area contributed by atoms with Gasteiger partial charge in [0.2, 0.25) is 23.6 Å². The van der Waals surface area contributed by atoms with Gasteiger partial charge in [0.05, 0.1) is 19.8 Å². The second-order valence-corrected chi connectivity index (χ2v) is 8.03. The maximum absolute atomic E-state index is 12.2. The Balaban J connectivity index is 4.90. The van der Waals surface area contributed by atoms with Crippen molar-refractivity contribution in [1.82, 2.24) is 21.3 Å². The second-order valence-electron chi connectivity index (χ2n) is 8.03. The van der Waals surface area contributed by atoms with Gasteiger partial charge < -0.3 is 35.5 Å². The molecule has 0 bridgehead atoms. The molecule has 0 fully saturated rings. The number of amides is 4. The third kappa shape index (κ3) is 18.6. The summed E-state index contributed by atoms with van der Waals surface area (Å²) >= 11 is 0. The van der Waals surface area contributed by atoms with E-state index in [0.717, 1.165) is 6.08 Å². The number of hydrogen-bond donors (Lipinski definition) is 4. The Kier molecular flexibility index (Phi) is 20.0. The summed E-state index contributed by atoms with van der Waals surface area (Å²) < 4.78 is 17.5. The van der Waals surface area contributed by atoms with E-state index in [9.17, 15) is 19.2 Å². The standard InChI is InChI=1S/C26H42N4O7/c1-5-22(31)27-13-9-10-16-35-19-26(30-25(34)8-4,20-36-17-11-14-28-23(32)6-2)21-37-18-12-15-29-24(33)7-3/h5-8H,1-4,9-21H2,(H,27,31)(H,28,32)(H,29,33)(H,30,34). The SMILES string of the molecule is C=CC(=O)NCCCCOCC(COCCCNC(=O)C=C)(COCCCNC(=O)C=C)NC(=O)C=C. The van der Waals surface area contributed by atoms with E-state index in [1.807, 2.05) is 0 Å². The first-order valence-electron chi connectivity index (χ1n) is 12.2. The minimum Gasteiger partial charge on any atom is -0.379 e. The summed E-state index contributed by atoms with van der Waals surface area (Å²) in [6.45, 7) is 16.4. The van der Waals surface area contributed by atoms with E-state index >= 15 is 0 Å². The van der Waals surface area contributed by atoms with Crippen molar-refractivity contribution in [2.75, 3.05) is 59.3 Å². The van der Waals surface area contributed by atoms with Crippen LogP contribution in [-0.2, 0) is 33.4 Å². The largest absolute Gasteiger partial charge is 0.379 e. The normalized spacial score (nSPS) is 10.6. The van der Waals surface area contributed by atoms with Crippen molar-refractivity contribution in [2.45, 2.75) is 31.2 Å². The number of carbonyl (C=O) groups is 4. The highest BCUT2D eigenvalue weighted by Crippen LogP contribution is 2.11. The first kappa shape index (κ1) is 33.7. The van der Waals surface area contributed by atoms with Crippen molar-refractivity contribution < 1.29 is 33.4 Å². The fourth-order valence-corrected chi connectivity index (χ4v) is 2.88. The molecule has 0 aromatic heterocycles. The van der Waals surface area contributed by atoms with E-state index in [1.165, 1.54) is 18.2 Å². The zero-order valence-corrected chi connectivity index (χ0v) is 21.7. The number of ether oxygens (including phenoxy) is 3. The third-order valence-electron chi connectivity index (χ3n) is 4.81. The molecule has 37 heavy (non-hydrogen) atoms. The van der Waals surface area contributed by atoms with Crippen LogP contribution in [0.4, 0.5) is 0 Å². The molecule has 0 aliphatic carbocycles. The van der Waals surface area contributed by atoms with Crippen LogP contribution in [0.15, 0.2) is 50.6 Å². The molecule has 0 aromatic carbocycles. The van der Waals surface area contributed by atoms with Gasteiger partial charge in [-0.05, 0) is 50.0 Å². The molecule has 0 heterocycles. The number of rotatable bonds is 24. The van der Waals surface area contributed by atoms with Gasteiger partial charge in [-0.2, -0.15) is 0 Å². The molecule has 0 radical (unpaired) electrons. The summed E-state index contributed by atoms with van der Waals surface area (Å²) in [5.41, 5.74) is -0.989. The van der Waals surface area contributed by atoms with Crippen LogP contribution in [0.3, 0.4) is 0 Å². The molecule has 0 unspecified atom stereocenters. The number of hydrogen-bond acceptors (Lipinski definition) is 7. The van der Waals surface area contributed by atoms with Gasteiger partial charge in [-0.3, -0.25) is 19.2 Å². The van der Waals surface area contributed by atoms with Gasteiger partial charge in [-0.25, -0.2) is 0 Å². The molecule has 0 rings (SSSR count). The lowest BCUT2D eigenvalue weighted by molar-refractivity contribution is -0.123. The van der Waals surface area contributed by atoms with Crippen molar-refractivity contribution in [1.29, 1.82) is 0 Å². The second kappa shape index (κ2) is 22.0. The molecular weight excluding hydrogens is 480 g/mol. The first-order valence-corrected chi connectivity index (χ1v) is 12.2. The number of nitrogens with one attached hydrogen (secondary N) is 4. The highest BCUT2D eigenvalue weighted by molar-refractivity contribution is 5.88. The Morgan fingerprint density at radius 3 is 1.27 bits per heavy atom. The smallest absolute Gasteiger partial charge is 0.244 e. The average molecular weight is 523 g/mol. The lowest BCUT2D eigenvalue weighted by atomic mass is 10.0. The van der Waals surface area contributed by atoms with Crippen LogP contribution in [0.5, 0.6) is 0 Å². The van der Waals surface area contributed by atoms with Crippen LogP contribution < -0.4 is 21.3 Å². The van der Waals surface area contributed by atoms with Crippen LogP contribution in [-0.4, -0.2) is 88.4 Å². The summed E-state index contributed by atoms with van der Waals surface area (Å²) in [7, 11) is 0. The summed E-state index contributed by atoms with van der Waals surface area (Å²) in [6, 6.07) is 0. The minimum atomic E-state index is -0.989. The zero-order chi connectivity index (χ0) is 27.8. The molecule has 0 saturated carbocycles. The van der Waals surface area contributed by atoms with E-state index in [2.05, 4.69) is 47.6 Å². The van der Waals surface area contributed by atoms with Crippen molar-refractivity contribution in [3.63, 3.8) is 0 Å². The van der Waals surface area contributed by atoms with E-state index in [4.69, 9.17) is 14.2 Å². The fraction of sp³-hybridized carbons (Fsp3) is 0.538. The Labute approximate surface area is 219 Å². The maximum Gasteiger partial charge on any atom is 0.244 e. The van der Waals surface area contributed by atoms with Crippen molar-refractivity contribution in [3.05, 3.63) is 50.6 Å². The molecule has 11 nitrogen and oxygen atoms in total. The van der Waals surface area contributed by atoms with Gasteiger partial charge in [0, 0.05) is 39.5 Å². The maximum atomic E-state index is 12.2. The van der Waals surface area contributed by atoms with E-state index in [-0.39, 0.29) is 37.5 Å². The highest BCUT2D eigenvalue weighted by atomic mass is 16.5. The molecule has 4 N–H and O–H groups in total. The molecular formula is C26H42N4O7. The van der Waals surface area contributed by atoms with Gasteiger partial charge in [0.25, 0.3) is 0 Å². The van der Waals surface area contributed by atoms with Crippen LogP contribution in [0, 0.1) is 0 Å². The van der Waals surface area contributed by atoms with Crippen molar-refractivity contribution in [2.24, 2.45) is 0 Å². The summed E-state index contributed by atoms with van der Waals surface area (Å²) in [5.74, 6) is -1.15. The van der Waals surface area contributed by atoms with Gasteiger partial charge in [0.1, 0.15) is 5.54 Å². The lowest BCUT2D eigenvalue weighted by Gasteiger charge is -2.34. The molecule has 0 aliphatic heterocycles. The predicted molar refractivity (Wildman–Crippen MR) is 142 cm³/mol. The van der Waals surface area contributed by atoms with E-state index in [1.54, 1.807) is 0 Å². The third-order valence-corrected chi connectivity index (χ3v) is 4.81. The summed E-state index contributed by atoms with van der Waals surface area (Å²) in [6.07, 6.45) is 7.30. The van der Waals surface area contributed by atoms with Gasteiger partial charge >= 0.3 is 0 Å². The Hall–Kier alpha value is -3.28. The molecule has 4 amide bonds. The van der Waals surface area contributed by atoms with Crippen LogP contribution >= 0.6 is 0 Å². The Morgan fingerprint density at radius 2 is 0.892 bits per heavy atom. The monoisotopic (exact) mass is 522 g/mol. The van der Waals surface area contributed by atoms with Crippen molar-refractivity contribution in [3.8, 4) is 0 Å². The molecule has 0 aromatic rings. The Bertz CT molecular complexity index is 723. The first-order chi connectivity index (χ1) is 17.8. The molecule has 0 saturated heterocycles. The molecule has 0 spiro atoms. The summed E-state index contributed by atoms with van der Waals surface area (Å²) in [4.78, 5) is 45.9. The fourth-order valence-electron chi connectivity index (χ4n) is 2.88. The van der Waals surface area contributed by atoms with Crippen LogP contribution in [0.1, 0.15) is 25.7 Å². The quantitative estimate of drug-likeness (QED) is 0.107. The Morgan fingerprint density at radius 1 is 0.541 bits per heavy atom. The minimum absolute atomic E-state index is 0.102. The van der Waals surface area contributed by atoms with E-state index < -0.39 is 11.4 Å². The topological polar surface area (TPSA) is 144 Å². The van der Waals surface area contributed by atoms with Gasteiger partial charge in [-0.15, -0.1) is 0 Å². The van der Waals surface area contributed by atoms with Crippen LogP contribution in [0.2, 0.25) is 0 Å². The lowest BCUT2D eigenvalue weighted by Crippen LogP contribution is -2.58. The molecule has 0 aliphatic rings. The van der Waals surface area contributed by atoms with E-state index in [0.29, 0.717) is 65.1 Å². The highest BCUT2D eigenvalue weighted by Gasteiger charge is 2.33. The van der Waals surface area contributed by atoms with Crippen molar-refractivity contribution >= 4 is 23.6 Å². The average Bonchev–Trinajstić information content (AvgIpc) is 2.91. The molecule has 208 valence electrons. The molecule has 11 heteroatoms. The summed E-state index contributed by atoms with van der Waals surface area (Å²) in [5, 5.41) is 10.9. The number of unbranched alkanes of at least 4 members (excludes halogenated alkanes) is 1. The molecule has 0 atom stereocenters. The van der Waals surface area contributed by atoms with Gasteiger partial charge in [0.15, 0.2) is 0 Å². The number of carbonyl (C=O) groups excluding carboxylic acids is 4. The van der Waals surface area contributed by atoms with Gasteiger partial charge in [-0.1, -0.05) is 26.3 Å².